The van der Waals surface area contributed by atoms with Gasteiger partial charge >= 0.3 is 0 Å². The molecule has 1 aliphatic carbocycles. The molecule has 2 N–H and O–H groups in total. The SMILES string of the molecule is NC1(c2nc(-c3ccc(F)c(F)c3)cs2)CCCCC1. The molecule has 0 spiro atoms. The lowest BCUT2D eigenvalue weighted by molar-refractivity contribution is 0.301. The van der Waals surface area contributed by atoms with E-state index in [-0.39, 0.29) is 5.54 Å². The summed E-state index contributed by atoms with van der Waals surface area (Å²) in [6.07, 6.45) is 5.35. The van der Waals surface area contributed by atoms with Gasteiger partial charge in [-0.05, 0) is 31.0 Å². The monoisotopic (exact) mass is 294 g/mol. The van der Waals surface area contributed by atoms with Gasteiger partial charge in [-0.25, -0.2) is 13.8 Å². The van der Waals surface area contributed by atoms with E-state index < -0.39 is 11.6 Å². The standard InChI is InChI=1S/C15H16F2N2S/c16-11-5-4-10(8-12(11)17)13-9-20-14(19-13)15(18)6-2-1-3-7-15/h4-5,8-9H,1-3,6-7,18H2. The maximum Gasteiger partial charge on any atom is 0.159 e. The van der Waals surface area contributed by atoms with Crippen LogP contribution in [-0.4, -0.2) is 4.98 Å². The summed E-state index contributed by atoms with van der Waals surface area (Å²) in [5.74, 6) is -1.69. The van der Waals surface area contributed by atoms with E-state index in [0.29, 0.717) is 11.3 Å². The first-order valence-electron chi connectivity index (χ1n) is 6.79. The molecule has 2 aromatic rings. The lowest BCUT2D eigenvalue weighted by Crippen LogP contribution is -2.38. The molecule has 1 heterocycles. The van der Waals surface area contributed by atoms with Crippen LogP contribution in [0.15, 0.2) is 23.6 Å². The van der Waals surface area contributed by atoms with E-state index >= 15 is 0 Å². The van der Waals surface area contributed by atoms with Gasteiger partial charge in [0, 0.05) is 10.9 Å². The zero-order valence-corrected chi connectivity index (χ0v) is 11.9. The highest BCUT2D eigenvalue weighted by molar-refractivity contribution is 7.10. The number of nitrogens with zero attached hydrogens (tertiary/aromatic N) is 1. The molecule has 0 unspecified atom stereocenters. The molecule has 1 aliphatic rings. The molecule has 1 aromatic carbocycles. The Kier molecular flexibility index (Phi) is 3.56. The van der Waals surface area contributed by atoms with E-state index in [0.717, 1.165) is 36.8 Å². The topological polar surface area (TPSA) is 38.9 Å². The Balaban J connectivity index is 1.91. The predicted octanol–water partition coefficient (Wildman–Crippen LogP) is 4.21. The van der Waals surface area contributed by atoms with Crippen LogP contribution in [0.3, 0.4) is 0 Å². The minimum atomic E-state index is -0.850. The third-order valence-electron chi connectivity index (χ3n) is 3.89. The summed E-state index contributed by atoms with van der Waals surface area (Å²) >= 11 is 1.51. The Morgan fingerprint density at radius 3 is 2.55 bits per heavy atom. The van der Waals surface area contributed by atoms with E-state index in [4.69, 9.17) is 5.73 Å². The van der Waals surface area contributed by atoms with Gasteiger partial charge in [0.15, 0.2) is 11.6 Å². The van der Waals surface area contributed by atoms with Crippen LogP contribution >= 0.6 is 11.3 Å². The number of halogens is 2. The molecule has 0 bridgehead atoms. The first-order chi connectivity index (χ1) is 9.58. The normalized spacial score (nSPS) is 18.1. The summed E-state index contributed by atoms with van der Waals surface area (Å²) in [4.78, 5) is 4.55. The molecule has 0 radical (unpaired) electrons. The molecule has 1 aromatic heterocycles. The van der Waals surface area contributed by atoms with Crippen LogP contribution in [0.5, 0.6) is 0 Å². The second-order valence-corrected chi connectivity index (χ2v) is 6.24. The van der Waals surface area contributed by atoms with Crippen molar-refractivity contribution in [3.8, 4) is 11.3 Å². The summed E-state index contributed by atoms with van der Waals surface area (Å²) in [5, 5.41) is 2.77. The molecule has 5 heteroatoms. The maximum atomic E-state index is 13.3. The van der Waals surface area contributed by atoms with E-state index in [2.05, 4.69) is 4.98 Å². The summed E-state index contributed by atoms with van der Waals surface area (Å²) in [7, 11) is 0. The van der Waals surface area contributed by atoms with Crippen molar-refractivity contribution in [1.82, 2.24) is 4.98 Å². The fraction of sp³-hybridized carbons (Fsp3) is 0.400. The highest BCUT2D eigenvalue weighted by Crippen LogP contribution is 2.37. The van der Waals surface area contributed by atoms with Crippen LogP contribution in [0.4, 0.5) is 8.78 Å². The number of hydrogen-bond donors (Lipinski definition) is 1. The average molecular weight is 294 g/mol. The Labute approximate surface area is 120 Å². The Bertz CT molecular complexity index is 618. The van der Waals surface area contributed by atoms with Gasteiger partial charge in [0.2, 0.25) is 0 Å². The molecule has 0 aliphatic heterocycles. The molecule has 0 atom stereocenters. The van der Waals surface area contributed by atoms with E-state index in [9.17, 15) is 8.78 Å². The smallest absolute Gasteiger partial charge is 0.159 e. The Morgan fingerprint density at radius 2 is 1.85 bits per heavy atom. The van der Waals surface area contributed by atoms with Crippen LogP contribution < -0.4 is 5.73 Å². The van der Waals surface area contributed by atoms with Gasteiger partial charge in [-0.2, -0.15) is 0 Å². The predicted molar refractivity (Wildman–Crippen MR) is 76.4 cm³/mol. The fourth-order valence-electron chi connectivity index (χ4n) is 2.69. The highest BCUT2D eigenvalue weighted by atomic mass is 32.1. The molecule has 0 saturated heterocycles. The minimum Gasteiger partial charge on any atom is -0.319 e. The van der Waals surface area contributed by atoms with Gasteiger partial charge in [0.1, 0.15) is 5.01 Å². The van der Waals surface area contributed by atoms with Crippen molar-refractivity contribution in [3.05, 3.63) is 40.2 Å². The van der Waals surface area contributed by atoms with Gasteiger partial charge in [-0.3, -0.25) is 0 Å². The third-order valence-corrected chi connectivity index (χ3v) is 4.95. The van der Waals surface area contributed by atoms with Gasteiger partial charge in [0.25, 0.3) is 0 Å². The van der Waals surface area contributed by atoms with Crippen LogP contribution in [0.1, 0.15) is 37.1 Å². The quantitative estimate of drug-likeness (QED) is 0.901. The van der Waals surface area contributed by atoms with E-state index in [1.165, 1.54) is 23.8 Å². The van der Waals surface area contributed by atoms with Crippen molar-refractivity contribution in [2.75, 3.05) is 0 Å². The number of thiazole rings is 1. The summed E-state index contributed by atoms with van der Waals surface area (Å²) < 4.78 is 26.2. The van der Waals surface area contributed by atoms with Crippen molar-refractivity contribution in [1.29, 1.82) is 0 Å². The van der Waals surface area contributed by atoms with Crippen molar-refractivity contribution in [3.63, 3.8) is 0 Å². The first kappa shape index (κ1) is 13.6. The zero-order chi connectivity index (χ0) is 14.2. The van der Waals surface area contributed by atoms with Crippen molar-refractivity contribution >= 4 is 11.3 Å². The molecule has 0 amide bonds. The second-order valence-electron chi connectivity index (χ2n) is 5.38. The lowest BCUT2D eigenvalue weighted by atomic mass is 9.83. The first-order valence-corrected chi connectivity index (χ1v) is 7.67. The molecule has 1 fully saturated rings. The average Bonchev–Trinajstić information content (AvgIpc) is 2.93. The number of aromatic nitrogens is 1. The minimum absolute atomic E-state index is 0.347. The number of rotatable bonds is 2. The molecule has 3 rings (SSSR count). The van der Waals surface area contributed by atoms with Gasteiger partial charge in [-0.15, -0.1) is 11.3 Å². The number of benzene rings is 1. The third kappa shape index (κ3) is 2.47. The molecule has 1 saturated carbocycles. The van der Waals surface area contributed by atoms with Gasteiger partial charge in [-0.1, -0.05) is 19.3 Å². The molecule has 2 nitrogen and oxygen atoms in total. The molecule has 20 heavy (non-hydrogen) atoms. The van der Waals surface area contributed by atoms with Crippen LogP contribution in [0.25, 0.3) is 11.3 Å². The Hall–Kier alpha value is -1.33. The molecular formula is C15H16F2N2S. The second kappa shape index (κ2) is 5.22. The fourth-order valence-corrected chi connectivity index (χ4v) is 3.69. The summed E-state index contributed by atoms with van der Waals surface area (Å²) in [6, 6.07) is 3.85. The zero-order valence-electron chi connectivity index (χ0n) is 11.0. The molecule has 106 valence electrons. The van der Waals surface area contributed by atoms with Crippen molar-refractivity contribution < 1.29 is 8.78 Å². The maximum absolute atomic E-state index is 13.3. The van der Waals surface area contributed by atoms with Crippen molar-refractivity contribution in [2.24, 2.45) is 5.73 Å². The summed E-state index contributed by atoms with van der Waals surface area (Å²) in [6.45, 7) is 0. The molecular weight excluding hydrogens is 278 g/mol. The highest BCUT2D eigenvalue weighted by Gasteiger charge is 2.32. The number of hydrogen-bond acceptors (Lipinski definition) is 3. The van der Waals surface area contributed by atoms with E-state index in [1.54, 1.807) is 6.07 Å². The lowest BCUT2D eigenvalue weighted by Gasteiger charge is -2.31. The van der Waals surface area contributed by atoms with Crippen molar-refractivity contribution in [2.45, 2.75) is 37.6 Å². The summed E-state index contributed by atoms with van der Waals surface area (Å²) in [5.41, 5.74) is 7.35. The van der Waals surface area contributed by atoms with Crippen LogP contribution in [-0.2, 0) is 5.54 Å². The largest absolute Gasteiger partial charge is 0.319 e. The Morgan fingerprint density at radius 1 is 1.10 bits per heavy atom. The van der Waals surface area contributed by atoms with E-state index in [1.807, 2.05) is 5.38 Å². The van der Waals surface area contributed by atoms with Crippen LogP contribution in [0.2, 0.25) is 0 Å². The van der Waals surface area contributed by atoms with Gasteiger partial charge < -0.3 is 5.73 Å². The number of nitrogens with two attached hydrogens (primary N) is 1. The van der Waals surface area contributed by atoms with Crippen LogP contribution in [0, 0.1) is 11.6 Å². The van der Waals surface area contributed by atoms with Gasteiger partial charge in [0.05, 0.1) is 11.2 Å².